The zero-order valence-electron chi connectivity index (χ0n) is 15.2. The topological polar surface area (TPSA) is 112 Å². The van der Waals surface area contributed by atoms with Crippen LogP contribution in [-0.4, -0.2) is 23.7 Å². The lowest BCUT2D eigenvalue weighted by atomic mass is 10.0. The number of carbonyl (C=O) groups is 2. The number of benzene rings is 2. The molecule has 2 aromatic carbocycles. The molecule has 9 heteroatoms. The molecule has 0 aromatic heterocycles. The summed E-state index contributed by atoms with van der Waals surface area (Å²) < 4.78 is 0. The van der Waals surface area contributed by atoms with Gasteiger partial charge in [-0.15, -0.1) is 0 Å². The number of rotatable bonds is 1. The molecule has 4 rings (SSSR count). The molecular formula is C19H17ClN6O2. The maximum atomic E-state index is 13.2. The maximum Gasteiger partial charge on any atom is 0.289 e. The molecule has 8 nitrogen and oxygen atoms in total. The van der Waals surface area contributed by atoms with Gasteiger partial charge in [-0.2, -0.15) is 0 Å². The zero-order valence-corrected chi connectivity index (χ0v) is 15.9. The molecule has 0 aliphatic carbocycles. The van der Waals surface area contributed by atoms with Crippen LogP contribution in [0, 0.1) is 6.92 Å². The van der Waals surface area contributed by atoms with Crippen molar-refractivity contribution in [3.63, 3.8) is 0 Å². The van der Waals surface area contributed by atoms with Gasteiger partial charge in [0.25, 0.3) is 11.6 Å². The minimum absolute atomic E-state index is 0.00531. The van der Waals surface area contributed by atoms with E-state index < -0.39 is 17.5 Å². The van der Waals surface area contributed by atoms with Gasteiger partial charge in [0.1, 0.15) is 0 Å². The van der Waals surface area contributed by atoms with Crippen molar-refractivity contribution >= 4 is 46.7 Å². The first-order valence-electron chi connectivity index (χ1n) is 8.52. The molecule has 2 aliphatic rings. The van der Waals surface area contributed by atoms with Gasteiger partial charge in [0.2, 0.25) is 11.9 Å². The van der Waals surface area contributed by atoms with E-state index in [0.717, 1.165) is 10.5 Å². The molecule has 1 spiro atoms. The van der Waals surface area contributed by atoms with Crippen molar-refractivity contribution in [1.29, 1.82) is 0 Å². The van der Waals surface area contributed by atoms with Crippen LogP contribution in [0.1, 0.15) is 18.1 Å². The minimum Gasteiger partial charge on any atom is -0.370 e. The van der Waals surface area contributed by atoms with E-state index in [4.69, 9.17) is 17.3 Å². The van der Waals surface area contributed by atoms with E-state index in [0.29, 0.717) is 22.0 Å². The summed E-state index contributed by atoms with van der Waals surface area (Å²) in [4.78, 5) is 35.2. The molecule has 2 aromatic rings. The number of anilines is 2. The Balaban J connectivity index is 1.84. The number of guanidine groups is 2. The first-order chi connectivity index (χ1) is 13.3. The Hall–Kier alpha value is -3.39. The number of nitrogens with two attached hydrogens (primary N) is 1. The third-order valence-corrected chi connectivity index (χ3v) is 5.07. The molecule has 4 N–H and O–H groups in total. The lowest BCUT2D eigenvalue weighted by Crippen LogP contribution is -2.51. The van der Waals surface area contributed by atoms with Crippen LogP contribution in [0.3, 0.4) is 0 Å². The van der Waals surface area contributed by atoms with Crippen LogP contribution >= 0.6 is 11.6 Å². The summed E-state index contributed by atoms with van der Waals surface area (Å²) in [6.45, 7) is 3.18. The monoisotopic (exact) mass is 396 g/mol. The predicted octanol–water partition coefficient (Wildman–Crippen LogP) is 2.08. The van der Waals surface area contributed by atoms with Crippen molar-refractivity contribution in [3.05, 3.63) is 58.6 Å². The van der Waals surface area contributed by atoms with E-state index in [1.54, 1.807) is 36.4 Å². The van der Waals surface area contributed by atoms with E-state index in [9.17, 15) is 9.59 Å². The second-order valence-electron chi connectivity index (χ2n) is 6.47. The normalized spacial score (nSPS) is 20.4. The number of nitrogens with zero attached hydrogens (tertiary/aromatic N) is 3. The van der Waals surface area contributed by atoms with E-state index in [2.05, 4.69) is 20.6 Å². The number of imide groups is 1. The number of aliphatic imine (C=N–C) groups is 2. The smallest absolute Gasteiger partial charge is 0.289 e. The van der Waals surface area contributed by atoms with Gasteiger partial charge in [0.05, 0.1) is 5.69 Å². The lowest BCUT2D eigenvalue weighted by molar-refractivity contribution is -0.127. The Kier molecular flexibility index (Phi) is 4.08. The Morgan fingerprint density at radius 3 is 2.71 bits per heavy atom. The number of amides is 2. The van der Waals surface area contributed by atoms with Crippen molar-refractivity contribution in [2.24, 2.45) is 15.7 Å². The van der Waals surface area contributed by atoms with Crippen molar-refractivity contribution in [2.45, 2.75) is 19.5 Å². The summed E-state index contributed by atoms with van der Waals surface area (Å²) >= 11 is 6.18. The molecule has 1 unspecified atom stereocenters. The summed E-state index contributed by atoms with van der Waals surface area (Å²) in [7, 11) is 0. The highest BCUT2D eigenvalue weighted by molar-refractivity contribution is 6.32. The number of nitrogens with one attached hydrogen (secondary N) is 2. The predicted molar refractivity (Wildman–Crippen MR) is 108 cm³/mol. The third kappa shape index (κ3) is 2.61. The molecule has 0 saturated carbocycles. The van der Waals surface area contributed by atoms with Gasteiger partial charge in [0, 0.05) is 23.2 Å². The average molecular weight is 397 g/mol. The molecule has 0 bridgehead atoms. The van der Waals surface area contributed by atoms with Crippen molar-refractivity contribution in [3.8, 4) is 0 Å². The van der Waals surface area contributed by atoms with Crippen molar-refractivity contribution < 1.29 is 9.59 Å². The molecule has 0 radical (unpaired) electrons. The number of carbonyl (C=O) groups excluding carboxylic acids is 2. The third-order valence-electron chi connectivity index (χ3n) is 4.66. The van der Waals surface area contributed by atoms with Crippen LogP contribution in [0.15, 0.2) is 52.4 Å². The Morgan fingerprint density at radius 2 is 1.96 bits per heavy atom. The van der Waals surface area contributed by atoms with Gasteiger partial charge in [-0.3, -0.25) is 14.9 Å². The zero-order chi connectivity index (χ0) is 20.1. The highest BCUT2D eigenvalue weighted by atomic mass is 35.5. The summed E-state index contributed by atoms with van der Waals surface area (Å²) in [5.74, 6) is -0.762. The number of hydrogen-bond donors (Lipinski definition) is 3. The maximum absolute atomic E-state index is 13.2. The van der Waals surface area contributed by atoms with Crippen LogP contribution in [0.25, 0.3) is 0 Å². The molecule has 0 saturated heterocycles. The van der Waals surface area contributed by atoms with Crippen LogP contribution in [0.2, 0.25) is 5.02 Å². The molecule has 2 amide bonds. The van der Waals surface area contributed by atoms with Crippen molar-refractivity contribution in [2.75, 3.05) is 10.2 Å². The molecule has 2 aliphatic heterocycles. The molecular weight excluding hydrogens is 380 g/mol. The fraction of sp³-hybridized carbons (Fsp3) is 0.158. The van der Waals surface area contributed by atoms with E-state index >= 15 is 0 Å². The number of fused-ring (bicyclic) bond motifs is 2. The van der Waals surface area contributed by atoms with Crippen LogP contribution in [0.5, 0.6) is 0 Å². The fourth-order valence-electron chi connectivity index (χ4n) is 3.34. The summed E-state index contributed by atoms with van der Waals surface area (Å²) in [6, 6.07) is 12.3. The van der Waals surface area contributed by atoms with E-state index in [1.165, 1.54) is 6.92 Å². The second kappa shape index (κ2) is 6.35. The SMILES string of the molecule is CC(=O)N1C(=O)C2(N=C(N)NC(Nc3cccc(Cl)c3C)=N2)c2ccccc21. The standard InChI is InChI=1S/C19H17ClN6O2/c1-10-13(20)7-5-8-14(10)22-18-23-17(21)24-19(25-18)12-6-3-4-9-15(12)26(11(2)27)16(19)28/h3-9H,1-2H3,(H4,21,22,23,24,25). The second-order valence-corrected chi connectivity index (χ2v) is 6.88. The fourth-order valence-corrected chi connectivity index (χ4v) is 3.52. The lowest BCUT2D eigenvalue weighted by Gasteiger charge is -2.27. The number of para-hydroxylation sites is 1. The first-order valence-corrected chi connectivity index (χ1v) is 8.90. The molecule has 28 heavy (non-hydrogen) atoms. The quantitative estimate of drug-likeness (QED) is 0.683. The summed E-state index contributed by atoms with van der Waals surface area (Å²) in [5.41, 5.74) is 6.76. The summed E-state index contributed by atoms with van der Waals surface area (Å²) in [5, 5.41) is 6.52. The Bertz CT molecular complexity index is 1080. The molecule has 0 fully saturated rings. The van der Waals surface area contributed by atoms with Gasteiger partial charge < -0.3 is 11.1 Å². The van der Waals surface area contributed by atoms with Crippen LogP contribution < -0.4 is 21.3 Å². The molecule has 142 valence electrons. The Labute approximate surface area is 166 Å². The molecule has 2 heterocycles. The van der Waals surface area contributed by atoms with Gasteiger partial charge in [-0.25, -0.2) is 14.9 Å². The number of hydrogen-bond acceptors (Lipinski definition) is 7. The molecule has 1 atom stereocenters. The van der Waals surface area contributed by atoms with E-state index in [-0.39, 0.29) is 11.9 Å². The van der Waals surface area contributed by atoms with E-state index in [1.807, 2.05) is 13.0 Å². The number of halogens is 1. The minimum atomic E-state index is -1.66. The van der Waals surface area contributed by atoms with Crippen molar-refractivity contribution in [1.82, 2.24) is 5.32 Å². The van der Waals surface area contributed by atoms with Gasteiger partial charge in [-0.1, -0.05) is 35.9 Å². The Morgan fingerprint density at radius 1 is 1.21 bits per heavy atom. The highest BCUT2D eigenvalue weighted by Gasteiger charge is 2.54. The van der Waals surface area contributed by atoms with Gasteiger partial charge >= 0.3 is 0 Å². The van der Waals surface area contributed by atoms with Gasteiger partial charge in [-0.05, 0) is 30.7 Å². The highest BCUT2D eigenvalue weighted by Crippen LogP contribution is 2.44. The van der Waals surface area contributed by atoms with Crippen LogP contribution in [0.4, 0.5) is 11.4 Å². The average Bonchev–Trinajstić information content (AvgIpc) is 2.87. The van der Waals surface area contributed by atoms with Gasteiger partial charge in [0.15, 0.2) is 5.96 Å². The van der Waals surface area contributed by atoms with Crippen LogP contribution in [-0.2, 0) is 15.3 Å². The first kappa shape index (κ1) is 18.0. The summed E-state index contributed by atoms with van der Waals surface area (Å²) in [6.07, 6.45) is 0. The largest absolute Gasteiger partial charge is 0.370 e.